The van der Waals surface area contributed by atoms with E-state index >= 15 is 0 Å². The summed E-state index contributed by atoms with van der Waals surface area (Å²) in [6.07, 6.45) is 10.3. The molecule has 168 valence electrons. The van der Waals surface area contributed by atoms with Gasteiger partial charge in [-0.3, -0.25) is 10.2 Å². The summed E-state index contributed by atoms with van der Waals surface area (Å²) in [6, 6.07) is 7.90. The second kappa shape index (κ2) is 10.1. The average Bonchev–Trinajstić information content (AvgIpc) is 3.14. The van der Waals surface area contributed by atoms with Crippen LogP contribution in [0.5, 0.6) is 5.75 Å². The van der Waals surface area contributed by atoms with Crippen molar-refractivity contribution in [2.75, 3.05) is 20.2 Å². The molecule has 5 nitrogen and oxygen atoms in total. The van der Waals surface area contributed by atoms with Gasteiger partial charge in [0, 0.05) is 36.5 Å². The molecule has 2 heterocycles. The number of amides is 1. The molecule has 2 fully saturated rings. The first-order valence-corrected chi connectivity index (χ1v) is 12.0. The first-order valence-electron chi connectivity index (χ1n) is 11.6. The number of hydrazine groups is 1. The van der Waals surface area contributed by atoms with E-state index in [4.69, 9.17) is 16.3 Å². The van der Waals surface area contributed by atoms with Gasteiger partial charge >= 0.3 is 0 Å². The van der Waals surface area contributed by atoms with Crippen molar-refractivity contribution >= 4 is 17.5 Å². The normalized spacial score (nSPS) is 22.3. The molecule has 31 heavy (non-hydrogen) atoms. The quantitative estimate of drug-likeness (QED) is 0.635. The first-order chi connectivity index (χ1) is 15.0. The number of piperidine rings is 1. The van der Waals surface area contributed by atoms with E-state index in [0.29, 0.717) is 11.8 Å². The Morgan fingerprint density at radius 3 is 2.74 bits per heavy atom. The van der Waals surface area contributed by atoms with Crippen molar-refractivity contribution in [1.29, 1.82) is 0 Å². The van der Waals surface area contributed by atoms with Crippen molar-refractivity contribution in [3.8, 4) is 5.75 Å². The third-order valence-corrected chi connectivity index (χ3v) is 7.21. The average molecular weight is 444 g/mol. The Morgan fingerprint density at radius 2 is 1.97 bits per heavy atom. The molecule has 2 aliphatic rings. The van der Waals surface area contributed by atoms with E-state index in [1.807, 2.05) is 18.2 Å². The largest absolute Gasteiger partial charge is 0.496 e. The van der Waals surface area contributed by atoms with Gasteiger partial charge in [0.1, 0.15) is 5.75 Å². The molecule has 2 aromatic rings. The van der Waals surface area contributed by atoms with Crippen LogP contribution in [0.4, 0.5) is 0 Å². The SMILES string of the molecule is COc1ccc(Cl)cc1C1CCCC(Cn2ccc(C(=O)NN3CCCCC3)c2C)C1. The highest BCUT2D eigenvalue weighted by atomic mass is 35.5. The zero-order valence-corrected chi connectivity index (χ0v) is 19.5. The van der Waals surface area contributed by atoms with Crippen LogP contribution in [0.1, 0.15) is 72.5 Å². The molecule has 0 spiro atoms. The minimum Gasteiger partial charge on any atom is -0.496 e. The molecule has 0 radical (unpaired) electrons. The van der Waals surface area contributed by atoms with Gasteiger partial charge in [-0.2, -0.15) is 0 Å². The molecule has 1 aliphatic carbocycles. The number of nitrogens with one attached hydrogen (secondary N) is 1. The van der Waals surface area contributed by atoms with Crippen LogP contribution in [0, 0.1) is 12.8 Å². The van der Waals surface area contributed by atoms with E-state index in [1.165, 1.54) is 31.2 Å². The fraction of sp³-hybridized carbons (Fsp3) is 0.560. The van der Waals surface area contributed by atoms with Gasteiger partial charge in [0.2, 0.25) is 0 Å². The van der Waals surface area contributed by atoms with Gasteiger partial charge in [-0.25, -0.2) is 5.01 Å². The number of carbonyl (C=O) groups is 1. The molecule has 1 aliphatic heterocycles. The zero-order valence-electron chi connectivity index (χ0n) is 18.7. The summed E-state index contributed by atoms with van der Waals surface area (Å²) in [5, 5.41) is 2.83. The molecule has 1 amide bonds. The second-order valence-corrected chi connectivity index (χ2v) is 9.51. The number of ether oxygens (including phenoxy) is 1. The lowest BCUT2D eigenvalue weighted by Crippen LogP contribution is -2.45. The third-order valence-electron chi connectivity index (χ3n) is 6.97. The molecule has 1 saturated carbocycles. The molecule has 1 aromatic heterocycles. The van der Waals surface area contributed by atoms with Crippen molar-refractivity contribution in [2.45, 2.75) is 64.3 Å². The minimum absolute atomic E-state index is 0.0170. The Kier molecular flexibility index (Phi) is 7.24. The molecule has 2 atom stereocenters. The number of halogens is 1. The van der Waals surface area contributed by atoms with Gasteiger partial charge in [0.15, 0.2) is 0 Å². The van der Waals surface area contributed by atoms with Gasteiger partial charge < -0.3 is 9.30 Å². The summed E-state index contributed by atoms with van der Waals surface area (Å²) in [6.45, 7) is 4.90. The standard InChI is InChI=1S/C25H34ClN3O2/c1-18-22(25(30)27-29-12-4-3-5-13-29)11-14-28(18)17-19-7-6-8-20(15-19)23-16-21(26)9-10-24(23)31-2/h9-11,14,16,19-20H,3-8,12-13,15,17H2,1-2H3,(H,27,30). The van der Waals surface area contributed by atoms with Crippen LogP contribution in [-0.2, 0) is 6.54 Å². The summed E-state index contributed by atoms with van der Waals surface area (Å²) in [5.41, 5.74) is 6.16. The summed E-state index contributed by atoms with van der Waals surface area (Å²) in [5.74, 6) is 1.99. The molecule has 0 bridgehead atoms. The van der Waals surface area contributed by atoms with Crippen LogP contribution in [-0.4, -0.2) is 35.7 Å². The van der Waals surface area contributed by atoms with Crippen molar-refractivity contribution < 1.29 is 9.53 Å². The van der Waals surface area contributed by atoms with Crippen LogP contribution in [0.15, 0.2) is 30.5 Å². The summed E-state index contributed by atoms with van der Waals surface area (Å²) in [7, 11) is 1.73. The van der Waals surface area contributed by atoms with Gasteiger partial charge in [0.05, 0.1) is 12.7 Å². The molecule has 1 N–H and O–H groups in total. The Labute approximate surface area is 190 Å². The maximum Gasteiger partial charge on any atom is 0.267 e. The molecular formula is C25H34ClN3O2. The summed E-state index contributed by atoms with van der Waals surface area (Å²) < 4.78 is 7.86. The maximum absolute atomic E-state index is 12.8. The maximum atomic E-state index is 12.8. The van der Waals surface area contributed by atoms with Crippen molar-refractivity contribution in [3.05, 3.63) is 52.3 Å². The molecule has 6 heteroatoms. The highest BCUT2D eigenvalue weighted by molar-refractivity contribution is 6.30. The lowest BCUT2D eigenvalue weighted by molar-refractivity contribution is 0.0749. The molecule has 4 rings (SSSR count). The van der Waals surface area contributed by atoms with E-state index in [1.54, 1.807) is 7.11 Å². The van der Waals surface area contributed by atoms with Gasteiger partial charge in [-0.1, -0.05) is 24.4 Å². The van der Waals surface area contributed by atoms with Crippen LogP contribution in [0.3, 0.4) is 0 Å². The Hall–Kier alpha value is -1.98. The van der Waals surface area contributed by atoms with Crippen LogP contribution < -0.4 is 10.2 Å². The van der Waals surface area contributed by atoms with Gasteiger partial charge in [-0.05, 0) is 80.7 Å². The highest BCUT2D eigenvalue weighted by Crippen LogP contribution is 2.41. The lowest BCUT2D eigenvalue weighted by Gasteiger charge is -2.31. The number of hydrogen-bond donors (Lipinski definition) is 1. The number of nitrogens with zero attached hydrogens (tertiary/aromatic N) is 2. The van der Waals surface area contributed by atoms with Gasteiger partial charge in [0.25, 0.3) is 5.91 Å². The van der Waals surface area contributed by atoms with Crippen molar-refractivity contribution in [1.82, 2.24) is 15.0 Å². The zero-order chi connectivity index (χ0) is 21.8. The Balaban J connectivity index is 1.41. The van der Waals surface area contributed by atoms with Gasteiger partial charge in [-0.15, -0.1) is 0 Å². The monoisotopic (exact) mass is 443 g/mol. The van der Waals surface area contributed by atoms with E-state index in [9.17, 15) is 4.79 Å². The fourth-order valence-electron chi connectivity index (χ4n) is 5.24. The number of methoxy groups -OCH3 is 1. The van der Waals surface area contributed by atoms with E-state index in [-0.39, 0.29) is 5.91 Å². The number of benzene rings is 1. The Morgan fingerprint density at radius 1 is 1.16 bits per heavy atom. The van der Waals surface area contributed by atoms with Crippen molar-refractivity contribution in [3.63, 3.8) is 0 Å². The highest BCUT2D eigenvalue weighted by Gasteiger charge is 2.27. The fourth-order valence-corrected chi connectivity index (χ4v) is 5.42. The topological polar surface area (TPSA) is 46.5 Å². The van der Waals surface area contributed by atoms with E-state index < -0.39 is 0 Å². The smallest absolute Gasteiger partial charge is 0.267 e. The number of rotatable bonds is 6. The number of carbonyl (C=O) groups excluding carboxylic acids is 1. The van der Waals surface area contributed by atoms with Crippen LogP contribution >= 0.6 is 11.6 Å². The number of aromatic nitrogens is 1. The minimum atomic E-state index is 0.0170. The molecule has 2 unspecified atom stereocenters. The van der Waals surface area contributed by atoms with Crippen molar-refractivity contribution in [2.24, 2.45) is 5.92 Å². The summed E-state index contributed by atoms with van der Waals surface area (Å²) >= 11 is 6.28. The number of hydrogen-bond acceptors (Lipinski definition) is 3. The van der Waals surface area contributed by atoms with E-state index in [2.05, 4.69) is 34.2 Å². The lowest BCUT2D eigenvalue weighted by atomic mass is 9.77. The van der Waals surface area contributed by atoms with E-state index in [0.717, 1.165) is 60.9 Å². The van der Waals surface area contributed by atoms with Crippen LogP contribution in [0.25, 0.3) is 0 Å². The molecule has 1 saturated heterocycles. The molecule has 1 aromatic carbocycles. The third kappa shape index (κ3) is 5.27. The predicted octanol–water partition coefficient (Wildman–Crippen LogP) is 5.56. The van der Waals surface area contributed by atoms with Crippen LogP contribution in [0.2, 0.25) is 5.02 Å². The first kappa shape index (κ1) is 22.2. The Bertz CT molecular complexity index is 904. The summed E-state index contributed by atoms with van der Waals surface area (Å²) in [4.78, 5) is 12.8. The molecular weight excluding hydrogens is 410 g/mol. The predicted molar refractivity (Wildman–Crippen MR) is 125 cm³/mol. The second-order valence-electron chi connectivity index (χ2n) is 9.07.